The number of alkyl carbamates (subject to hydrolysis) is 1. The van der Waals surface area contributed by atoms with Crippen LogP contribution in [0.3, 0.4) is 0 Å². The van der Waals surface area contributed by atoms with Crippen LogP contribution in [0.25, 0.3) is 0 Å². The third-order valence-electron chi connectivity index (χ3n) is 5.44. The van der Waals surface area contributed by atoms with Gasteiger partial charge in [-0.1, -0.05) is 0 Å². The van der Waals surface area contributed by atoms with Gasteiger partial charge in [0.2, 0.25) is 0 Å². The van der Waals surface area contributed by atoms with Crippen LogP contribution in [0.5, 0.6) is 0 Å². The molecular weight excluding hydrogens is 468 g/mol. The zero-order chi connectivity index (χ0) is 24.7. The second kappa shape index (κ2) is 8.87. The molecule has 4 rings (SSSR count). The summed E-state index contributed by atoms with van der Waals surface area (Å²) in [5.74, 6) is -0.684. The summed E-state index contributed by atoms with van der Waals surface area (Å²) in [4.78, 5) is 24.4. The van der Waals surface area contributed by atoms with Crippen molar-refractivity contribution in [3.05, 3.63) is 29.2 Å². The number of ether oxygens (including phenoxy) is 3. The first kappa shape index (κ1) is 23.9. The highest BCUT2D eigenvalue weighted by Crippen LogP contribution is 2.36. The SMILES string of the molecule is Cn1nc(COC(F)(F)F)cc1C(=O)Nc1cc([C@@H]2OC[C@H](OC(=O)NC3(C)CC3)[C@H]2F)[nH]n1. The van der Waals surface area contributed by atoms with E-state index < -0.39 is 43.3 Å². The Morgan fingerprint density at radius 1 is 1.35 bits per heavy atom. The third kappa shape index (κ3) is 5.64. The van der Waals surface area contributed by atoms with Crippen molar-refractivity contribution in [3.8, 4) is 0 Å². The first-order chi connectivity index (χ1) is 15.9. The second-order valence-corrected chi connectivity index (χ2v) is 8.37. The number of aromatic nitrogens is 4. The van der Waals surface area contributed by atoms with Crippen molar-refractivity contribution in [2.24, 2.45) is 7.05 Å². The lowest BCUT2D eigenvalue weighted by molar-refractivity contribution is -0.330. The van der Waals surface area contributed by atoms with E-state index in [9.17, 15) is 27.2 Å². The molecule has 1 saturated heterocycles. The summed E-state index contributed by atoms with van der Waals surface area (Å²) in [6, 6.07) is 2.48. The zero-order valence-electron chi connectivity index (χ0n) is 18.1. The smallest absolute Gasteiger partial charge is 0.441 e. The molecule has 0 spiro atoms. The maximum Gasteiger partial charge on any atom is 0.522 e. The Labute approximate surface area is 190 Å². The first-order valence-electron chi connectivity index (χ1n) is 10.3. The van der Waals surface area contributed by atoms with Crippen LogP contribution in [-0.2, 0) is 27.9 Å². The van der Waals surface area contributed by atoms with Gasteiger partial charge >= 0.3 is 12.5 Å². The predicted octanol–water partition coefficient (Wildman–Crippen LogP) is 2.49. The molecule has 3 atom stereocenters. The van der Waals surface area contributed by atoms with Crippen LogP contribution in [0.4, 0.5) is 28.2 Å². The number of aromatic amines is 1. The molecule has 2 amide bonds. The Morgan fingerprint density at radius 3 is 2.76 bits per heavy atom. The molecule has 0 bridgehead atoms. The molecule has 3 N–H and O–H groups in total. The van der Waals surface area contributed by atoms with Gasteiger partial charge < -0.3 is 20.1 Å². The number of nitrogens with one attached hydrogen (secondary N) is 3. The van der Waals surface area contributed by atoms with Crippen molar-refractivity contribution >= 4 is 17.8 Å². The minimum atomic E-state index is -4.83. The number of anilines is 1. The number of H-pyrrole nitrogens is 1. The molecule has 2 aromatic heterocycles. The number of hydrogen-bond acceptors (Lipinski definition) is 7. The van der Waals surface area contributed by atoms with Gasteiger partial charge in [0.05, 0.1) is 18.0 Å². The number of halogens is 4. The zero-order valence-corrected chi connectivity index (χ0v) is 18.1. The molecule has 2 aliphatic rings. The van der Waals surface area contributed by atoms with E-state index in [0.717, 1.165) is 23.6 Å². The fourth-order valence-corrected chi connectivity index (χ4v) is 3.36. The number of alkyl halides is 4. The normalized spacial score (nSPS) is 23.5. The molecule has 15 heteroatoms. The Kier molecular flexibility index (Phi) is 6.24. The molecule has 2 aromatic rings. The molecule has 1 aliphatic carbocycles. The number of hydrogen-bond donors (Lipinski definition) is 3. The van der Waals surface area contributed by atoms with Gasteiger partial charge in [0.1, 0.15) is 18.4 Å². The van der Waals surface area contributed by atoms with Crippen molar-refractivity contribution in [2.45, 2.75) is 56.7 Å². The van der Waals surface area contributed by atoms with Gasteiger partial charge in [0.15, 0.2) is 18.1 Å². The summed E-state index contributed by atoms with van der Waals surface area (Å²) < 4.78 is 66.7. The van der Waals surface area contributed by atoms with Gasteiger partial charge in [0.25, 0.3) is 5.91 Å². The van der Waals surface area contributed by atoms with Crippen LogP contribution in [-0.4, -0.2) is 62.8 Å². The lowest BCUT2D eigenvalue weighted by atomic mass is 10.1. The van der Waals surface area contributed by atoms with Gasteiger partial charge in [-0.3, -0.25) is 19.3 Å². The highest BCUT2D eigenvalue weighted by molar-refractivity contribution is 6.02. The maximum absolute atomic E-state index is 14.8. The van der Waals surface area contributed by atoms with Gasteiger partial charge in [0, 0.05) is 18.7 Å². The van der Waals surface area contributed by atoms with Crippen LogP contribution >= 0.6 is 0 Å². The summed E-state index contributed by atoms with van der Waals surface area (Å²) in [6.07, 6.45) is -7.77. The Morgan fingerprint density at radius 2 is 2.09 bits per heavy atom. The first-order valence-corrected chi connectivity index (χ1v) is 10.3. The summed E-state index contributed by atoms with van der Waals surface area (Å²) >= 11 is 0. The number of amides is 2. The second-order valence-electron chi connectivity index (χ2n) is 8.37. The largest absolute Gasteiger partial charge is 0.522 e. The van der Waals surface area contributed by atoms with E-state index in [4.69, 9.17) is 9.47 Å². The van der Waals surface area contributed by atoms with Crippen LogP contribution in [0, 0.1) is 0 Å². The average molecular weight is 490 g/mol. The van der Waals surface area contributed by atoms with E-state index in [-0.39, 0.29) is 35.0 Å². The van der Waals surface area contributed by atoms with Crippen molar-refractivity contribution in [1.29, 1.82) is 0 Å². The molecule has 0 aromatic carbocycles. The highest BCUT2D eigenvalue weighted by atomic mass is 19.4. The van der Waals surface area contributed by atoms with E-state index in [2.05, 4.69) is 30.7 Å². The van der Waals surface area contributed by atoms with Gasteiger partial charge in [-0.2, -0.15) is 10.2 Å². The van der Waals surface area contributed by atoms with Crippen LogP contribution in [0.2, 0.25) is 0 Å². The van der Waals surface area contributed by atoms with E-state index in [0.29, 0.717) is 0 Å². The summed E-state index contributed by atoms with van der Waals surface area (Å²) in [7, 11) is 1.38. The lowest BCUT2D eigenvalue weighted by Crippen LogP contribution is -2.39. The molecular formula is C19H22F4N6O5. The molecule has 2 fully saturated rings. The fraction of sp³-hybridized carbons (Fsp3) is 0.579. The predicted molar refractivity (Wildman–Crippen MR) is 105 cm³/mol. The van der Waals surface area contributed by atoms with E-state index in [1.54, 1.807) is 0 Å². The summed E-state index contributed by atoms with van der Waals surface area (Å²) in [6.45, 7) is 0.848. The van der Waals surface area contributed by atoms with Gasteiger partial charge in [-0.25, -0.2) is 9.18 Å². The standard InChI is InChI=1S/C19H22F4N6O5/c1-18(3-4-18)25-17(31)34-12-8-32-15(14(12)20)10-6-13(27-26-10)24-16(30)11-5-9(28-29(11)2)7-33-19(21,22)23/h5-6,12,14-15H,3-4,7-8H2,1-2H3,(H,25,31)(H2,24,26,27,30)/t12-,14+,15-/m0/s1. The summed E-state index contributed by atoms with van der Waals surface area (Å²) in [5.41, 5.74) is -0.251. The minimum Gasteiger partial charge on any atom is -0.441 e. The number of carbonyl (C=O) groups is 2. The molecule has 3 heterocycles. The van der Waals surface area contributed by atoms with Crippen LogP contribution in [0.1, 0.15) is 47.7 Å². The Balaban J connectivity index is 1.33. The number of rotatable bonds is 7. The Bertz CT molecular complexity index is 1070. The Hall–Kier alpha value is -3.20. The van der Waals surface area contributed by atoms with Crippen LogP contribution < -0.4 is 10.6 Å². The summed E-state index contributed by atoms with van der Waals surface area (Å²) in [5, 5.41) is 15.4. The van der Waals surface area contributed by atoms with Crippen molar-refractivity contribution in [1.82, 2.24) is 25.3 Å². The quantitative estimate of drug-likeness (QED) is 0.508. The molecule has 34 heavy (non-hydrogen) atoms. The van der Waals surface area contributed by atoms with Crippen molar-refractivity contribution in [2.75, 3.05) is 11.9 Å². The fourth-order valence-electron chi connectivity index (χ4n) is 3.36. The molecule has 186 valence electrons. The molecule has 0 radical (unpaired) electrons. The van der Waals surface area contributed by atoms with E-state index in [1.807, 2.05) is 6.92 Å². The van der Waals surface area contributed by atoms with E-state index in [1.165, 1.54) is 13.1 Å². The van der Waals surface area contributed by atoms with Gasteiger partial charge in [-0.05, 0) is 25.8 Å². The minimum absolute atomic E-state index is 0.0221. The van der Waals surface area contributed by atoms with Crippen molar-refractivity contribution in [3.63, 3.8) is 0 Å². The monoisotopic (exact) mass is 490 g/mol. The molecule has 1 saturated carbocycles. The number of nitrogens with zero attached hydrogens (tertiary/aromatic N) is 3. The lowest BCUT2D eigenvalue weighted by Gasteiger charge is -2.17. The van der Waals surface area contributed by atoms with Crippen molar-refractivity contribution < 1.29 is 41.4 Å². The molecule has 0 unspecified atom stereocenters. The maximum atomic E-state index is 14.8. The average Bonchev–Trinajstić information content (AvgIpc) is 3.08. The third-order valence-corrected chi connectivity index (χ3v) is 5.44. The topological polar surface area (TPSA) is 132 Å². The van der Waals surface area contributed by atoms with E-state index >= 15 is 0 Å². The molecule has 1 aliphatic heterocycles. The van der Waals surface area contributed by atoms with Crippen LogP contribution in [0.15, 0.2) is 12.1 Å². The number of carbonyl (C=O) groups excluding carboxylic acids is 2. The van der Waals surface area contributed by atoms with Gasteiger partial charge in [-0.15, -0.1) is 13.2 Å². The number of aryl methyl sites for hydroxylation is 1. The highest BCUT2D eigenvalue weighted by Gasteiger charge is 2.44. The molecule has 11 nitrogen and oxygen atoms in total.